The van der Waals surface area contributed by atoms with E-state index < -0.39 is 38.5 Å². The van der Waals surface area contributed by atoms with Crippen LogP contribution >= 0.6 is 7.82 Å². The van der Waals surface area contributed by atoms with Crippen molar-refractivity contribution < 1.29 is 42.0 Å². The van der Waals surface area contributed by atoms with Gasteiger partial charge in [-0.1, -0.05) is 27.7 Å². The number of hydrogen-bond donors (Lipinski definition) is 2. The van der Waals surface area contributed by atoms with Gasteiger partial charge >= 0.3 is 19.8 Å². The highest BCUT2D eigenvalue weighted by Gasteiger charge is 2.43. The fourth-order valence-electron chi connectivity index (χ4n) is 2.62. The zero-order valence-corrected chi connectivity index (χ0v) is 19.7. The van der Waals surface area contributed by atoms with Crippen molar-refractivity contribution >= 4 is 25.7 Å². The van der Waals surface area contributed by atoms with E-state index in [0.29, 0.717) is 6.42 Å². The number of carbonyl (C=O) groups is 3. The van der Waals surface area contributed by atoms with Gasteiger partial charge in [0, 0.05) is 30.0 Å². The molecule has 1 saturated heterocycles. The molecule has 180 valence electrons. The van der Waals surface area contributed by atoms with Crippen molar-refractivity contribution in [3.05, 3.63) is 17.5 Å². The first kappa shape index (κ1) is 26.0. The Morgan fingerprint density at radius 2 is 2.06 bits per heavy atom. The number of methoxy groups -OCH3 is 1. The Labute approximate surface area is 186 Å². The van der Waals surface area contributed by atoms with Crippen molar-refractivity contribution in [1.29, 1.82) is 0 Å². The lowest BCUT2D eigenvalue weighted by Gasteiger charge is -2.32. The van der Waals surface area contributed by atoms with Crippen molar-refractivity contribution in [2.24, 2.45) is 5.92 Å². The summed E-state index contributed by atoms with van der Waals surface area (Å²) in [6, 6.07) is 1.56. The third-order valence-corrected chi connectivity index (χ3v) is 5.97. The number of amides is 1. The molecule has 0 aliphatic carbocycles. The van der Waals surface area contributed by atoms with Crippen LogP contribution in [-0.2, 0) is 42.6 Å². The molecule has 1 aromatic rings. The van der Waals surface area contributed by atoms with Crippen LogP contribution in [0.15, 0.2) is 6.07 Å². The zero-order chi connectivity index (χ0) is 23.9. The summed E-state index contributed by atoms with van der Waals surface area (Å²) < 4.78 is 37.6. The summed E-state index contributed by atoms with van der Waals surface area (Å²) >= 11 is 0. The first-order valence-electron chi connectivity index (χ1n) is 10.1. The normalized spacial score (nSPS) is 23.4. The summed E-state index contributed by atoms with van der Waals surface area (Å²) in [7, 11) is -2.85. The molecule has 1 aliphatic heterocycles. The molecule has 0 bridgehead atoms. The monoisotopic (exact) mass is 475 g/mol. The quantitative estimate of drug-likeness (QED) is 0.235. The lowest BCUT2D eigenvalue weighted by atomic mass is 9.92. The number of aromatic nitrogens is 2. The van der Waals surface area contributed by atoms with E-state index >= 15 is 0 Å². The minimum Gasteiger partial charge on any atom is -0.469 e. The molecule has 12 nitrogen and oxygen atoms in total. The number of hydrogen-bond acceptors (Lipinski definition) is 10. The first-order chi connectivity index (χ1) is 14.9. The molecular weight excluding hydrogens is 445 g/mol. The minimum absolute atomic E-state index is 0.0418. The molecule has 2 heterocycles. The maximum absolute atomic E-state index is 12.7. The van der Waals surface area contributed by atoms with E-state index in [1.54, 1.807) is 13.0 Å². The molecule has 1 amide bonds. The molecule has 13 heteroatoms. The van der Waals surface area contributed by atoms with Crippen LogP contribution in [0.25, 0.3) is 0 Å². The average molecular weight is 475 g/mol. The fourth-order valence-corrected chi connectivity index (χ4v) is 4.00. The number of rotatable bonds is 9. The lowest BCUT2D eigenvalue weighted by molar-refractivity contribution is -0.141. The van der Waals surface area contributed by atoms with E-state index in [0.717, 1.165) is 5.69 Å². The molecule has 2 rings (SSSR count). The van der Waals surface area contributed by atoms with Gasteiger partial charge in [-0.25, -0.2) is 13.9 Å². The Hall–Kier alpha value is -2.27. The third kappa shape index (κ3) is 7.40. The lowest BCUT2D eigenvalue weighted by Crippen LogP contribution is -2.44. The number of ether oxygens (including phenoxy) is 2. The number of phosphoric acid groups is 1. The van der Waals surface area contributed by atoms with Crippen LogP contribution in [-0.4, -0.2) is 61.2 Å². The number of phosphoric ester groups is 1. The van der Waals surface area contributed by atoms with Crippen molar-refractivity contribution in [2.45, 2.75) is 52.1 Å². The van der Waals surface area contributed by atoms with Gasteiger partial charge in [0.15, 0.2) is 11.8 Å². The van der Waals surface area contributed by atoms with Crippen LogP contribution in [0.4, 0.5) is 0 Å². The molecule has 2 unspecified atom stereocenters. The van der Waals surface area contributed by atoms with Crippen LogP contribution in [0.1, 0.15) is 56.7 Å². The van der Waals surface area contributed by atoms with Gasteiger partial charge < -0.3 is 14.8 Å². The number of carbonyl (C=O) groups excluding carboxylic acids is 3. The average Bonchev–Trinajstić information content (AvgIpc) is 3.24. The maximum atomic E-state index is 12.7. The van der Waals surface area contributed by atoms with E-state index in [2.05, 4.69) is 20.3 Å². The van der Waals surface area contributed by atoms with Gasteiger partial charge in [0.2, 0.25) is 12.7 Å². The number of esters is 2. The second kappa shape index (κ2) is 11.0. The molecule has 1 aromatic heterocycles. The molecule has 0 radical (unpaired) electrons. The predicted molar refractivity (Wildman–Crippen MR) is 111 cm³/mol. The highest BCUT2D eigenvalue weighted by atomic mass is 31.2. The first-order valence-corrected chi connectivity index (χ1v) is 11.6. The highest BCUT2D eigenvalue weighted by molar-refractivity contribution is 7.48. The second-order valence-electron chi connectivity index (χ2n) is 8.31. The van der Waals surface area contributed by atoms with Crippen molar-refractivity contribution in [3.8, 4) is 0 Å². The predicted octanol–water partition coefficient (Wildman–Crippen LogP) is 2.07. The Kier molecular flexibility index (Phi) is 8.97. The highest BCUT2D eigenvalue weighted by Crippen LogP contribution is 2.54. The molecule has 32 heavy (non-hydrogen) atoms. The van der Waals surface area contributed by atoms with Gasteiger partial charge in [-0.15, -0.1) is 0 Å². The van der Waals surface area contributed by atoms with Crippen LogP contribution in [0, 0.1) is 5.92 Å². The fraction of sp³-hybridized carbons (Fsp3) is 0.684. The SMILES string of the molecule is COC(=O)CCCNC(=O)[C@@H]1OP(=O)(OCOC(=O)c2cc(C(C)(C)C)[nH]n2)OCC1C. The smallest absolute Gasteiger partial charge is 0.469 e. The number of H-pyrrole nitrogens is 1. The van der Waals surface area contributed by atoms with E-state index in [9.17, 15) is 18.9 Å². The summed E-state index contributed by atoms with van der Waals surface area (Å²) in [5.74, 6) is -2.08. The Bertz CT molecular complexity index is 864. The topological polar surface area (TPSA) is 155 Å². The second-order valence-corrected chi connectivity index (χ2v) is 9.93. The Morgan fingerprint density at radius 1 is 1.34 bits per heavy atom. The molecule has 3 atom stereocenters. The summed E-state index contributed by atoms with van der Waals surface area (Å²) in [6.45, 7) is 6.99. The van der Waals surface area contributed by atoms with Crippen LogP contribution in [0.5, 0.6) is 0 Å². The minimum atomic E-state index is -4.13. The van der Waals surface area contributed by atoms with Crippen molar-refractivity contribution in [3.63, 3.8) is 0 Å². The molecule has 1 aliphatic rings. The van der Waals surface area contributed by atoms with E-state index in [-0.39, 0.29) is 36.7 Å². The van der Waals surface area contributed by atoms with Gasteiger partial charge in [0.1, 0.15) is 0 Å². The summed E-state index contributed by atoms with van der Waals surface area (Å²) in [6.07, 6.45) is -0.560. The van der Waals surface area contributed by atoms with Gasteiger partial charge in [-0.05, 0) is 12.5 Å². The number of nitrogens with zero attached hydrogens (tertiary/aromatic N) is 1. The van der Waals surface area contributed by atoms with Gasteiger partial charge in [-0.3, -0.25) is 23.7 Å². The summed E-state index contributed by atoms with van der Waals surface area (Å²) in [5.41, 5.74) is 0.550. The molecule has 1 fully saturated rings. The Morgan fingerprint density at radius 3 is 2.69 bits per heavy atom. The Balaban J connectivity index is 1.83. The van der Waals surface area contributed by atoms with Crippen LogP contribution in [0.3, 0.4) is 0 Å². The van der Waals surface area contributed by atoms with Crippen molar-refractivity contribution in [2.75, 3.05) is 27.1 Å². The molecule has 0 aromatic carbocycles. The number of nitrogens with one attached hydrogen (secondary N) is 2. The van der Waals surface area contributed by atoms with Gasteiger partial charge in [-0.2, -0.15) is 5.10 Å². The maximum Gasteiger partial charge on any atom is 0.478 e. The van der Waals surface area contributed by atoms with Crippen LogP contribution < -0.4 is 5.32 Å². The van der Waals surface area contributed by atoms with Gasteiger partial charge in [0.25, 0.3) is 0 Å². The van der Waals surface area contributed by atoms with E-state index in [1.165, 1.54) is 7.11 Å². The van der Waals surface area contributed by atoms with Crippen LogP contribution in [0.2, 0.25) is 0 Å². The van der Waals surface area contributed by atoms with E-state index in [4.69, 9.17) is 18.3 Å². The molecule has 2 N–H and O–H groups in total. The molecular formula is C19H30N3O9P. The molecule has 0 spiro atoms. The summed E-state index contributed by atoms with van der Waals surface area (Å²) in [4.78, 5) is 35.6. The molecule has 0 saturated carbocycles. The van der Waals surface area contributed by atoms with Crippen molar-refractivity contribution in [1.82, 2.24) is 15.5 Å². The summed E-state index contributed by atoms with van der Waals surface area (Å²) in [5, 5.41) is 9.26. The van der Waals surface area contributed by atoms with Gasteiger partial charge in [0.05, 0.1) is 13.7 Å². The standard InChI is InChI=1S/C19H30N3O9P/c1-12-10-29-32(26,31-16(12)17(24)20-8-6-7-15(23)27-5)30-11-28-18(25)13-9-14(22-21-13)19(2,3)4/h9,12,16H,6-8,10-11H2,1-5H3,(H,20,24)(H,21,22)/t12?,16-,32?/m1/s1. The zero-order valence-electron chi connectivity index (χ0n) is 18.8. The number of aromatic amines is 1. The third-order valence-electron chi connectivity index (χ3n) is 4.59. The van der Waals surface area contributed by atoms with E-state index in [1.807, 2.05) is 20.8 Å². The largest absolute Gasteiger partial charge is 0.478 e.